The van der Waals surface area contributed by atoms with Gasteiger partial charge in [0.15, 0.2) is 5.69 Å². The molecule has 0 atom stereocenters. The van der Waals surface area contributed by atoms with Crippen LogP contribution in [-0.2, 0) is 12.7 Å². The maximum Gasteiger partial charge on any atom is 0.416 e. The zero-order valence-electron chi connectivity index (χ0n) is 11.9. The normalized spacial score (nSPS) is 11.3. The van der Waals surface area contributed by atoms with Crippen LogP contribution in [0.4, 0.5) is 13.2 Å². The molecule has 0 aliphatic heterocycles. The average molecular weight is 327 g/mol. The molecule has 122 valence electrons. The van der Waals surface area contributed by atoms with Gasteiger partial charge in [0.05, 0.1) is 5.56 Å². The molecule has 2 rings (SSSR count). The van der Waals surface area contributed by atoms with E-state index in [4.69, 9.17) is 0 Å². The second-order valence-corrected chi connectivity index (χ2v) is 4.73. The Morgan fingerprint density at radius 3 is 2.48 bits per heavy atom. The summed E-state index contributed by atoms with van der Waals surface area (Å²) >= 11 is 0. The summed E-state index contributed by atoms with van der Waals surface area (Å²) in [6, 6.07) is 4.24. The van der Waals surface area contributed by atoms with Gasteiger partial charge in [-0.3, -0.25) is 9.59 Å². The lowest BCUT2D eigenvalue weighted by molar-refractivity contribution is -0.137. The number of hydrogen-bond acceptors (Lipinski definition) is 4. The van der Waals surface area contributed by atoms with Crippen molar-refractivity contribution in [3.05, 3.63) is 57.3 Å². The monoisotopic (exact) mass is 327 g/mol. The van der Waals surface area contributed by atoms with E-state index in [1.54, 1.807) is 0 Å². The first kappa shape index (κ1) is 16.5. The summed E-state index contributed by atoms with van der Waals surface area (Å²) in [7, 11) is 0. The maximum atomic E-state index is 12.4. The van der Waals surface area contributed by atoms with Crippen molar-refractivity contribution in [2.45, 2.75) is 19.6 Å². The van der Waals surface area contributed by atoms with Crippen LogP contribution in [0.3, 0.4) is 0 Å². The first-order valence-corrected chi connectivity index (χ1v) is 6.42. The molecule has 1 heterocycles. The number of amides is 1. The molecule has 0 saturated carbocycles. The molecule has 3 N–H and O–H groups in total. The van der Waals surface area contributed by atoms with E-state index in [1.165, 1.54) is 19.1 Å². The topological polar surface area (TPSA) is 95.1 Å². The van der Waals surface area contributed by atoms with Crippen molar-refractivity contribution < 1.29 is 23.1 Å². The van der Waals surface area contributed by atoms with Crippen LogP contribution in [0.5, 0.6) is 5.75 Å². The summed E-state index contributed by atoms with van der Waals surface area (Å²) in [6.07, 6.45) is -4.43. The van der Waals surface area contributed by atoms with Crippen LogP contribution >= 0.6 is 0 Å². The predicted octanol–water partition coefficient (Wildman–Crippen LogP) is 1.73. The largest absolute Gasteiger partial charge is 0.501 e. The molecule has 0 aliphatic rings. The number of carbonyl (C=O) groups excluding carboxylic acids is 1. The molecule has 0 fully saturated rings. The van der Waals surface area contributed by atoms with Crippen molar-refractivity contribution in [1.29, 1.82) is 0 Å². The molecule has 0 aliphatic carbocycles. The van der Waals surface area contributed by atoms with E-state index < -0.39 is 34.6 Å². The van der Waals surface area contributed by atoms with Gasteiger partial charge in [-0.2, -0.15) is 13.2 Å². The lowest BCUT2D eigenvalue weighted by Crippen LogP contribution is -2.26. The van der Waals surface area contributed by atoms with E-state index >= 15 is 0 Å². The Bertz CT molecular complexity index is 783. The van der Waals surface area contributed by atoms with Crippen LogP contribution < -0.4 is 10.9 Å². The number of H-pyrrole nitrogens is 1. The number of aromatic hydroxyl groups is 1. The fraction of sp³-hybridized carbons (Fsp3) is 0.214. The second kappa shape index (κ2) is 6.11. The Hall–Kier alpha value is -2.84. The first-order valence-electron chi connectivity index (χ1n) is 6.42. The van der Waals surface area contributed by atoms with Crippen molar-refractivity contribution in [3.8, 4) is 5.75 Å². The van der Waals surface area contributed by atoms with E-state index in [2.05, 4.69) is 15.3 Å². The van der Waals surface area contributed by atoms with Gasteiger partial charge in [-0.1, -0.05) is 12.1 Å². The minimum atomic E-state index is -4.43. The van der Waals surface area contributed by atoms with E-state index in [0.717, 1.165) is 12.1 Å². The molecule has 6 nitrogen and oxygen atoms in total. The third kappa shape index (κ3) is 3.87. The number of halogens is 3. The van der Waals surface area contributed by atoms with Gasteiger partial charge in [-0.15, -0.1) is 0 Å². The van der Waals surface area contributed by atoms with Crippen molar-refractivity contribution in [2.24, 2.45) is 0 Å². The molecule has 9 heteroatoms. The first-order chi connectivity index (χ1) is 10.7. The van der Waals surface area contributed by atoms with Crippen LogP contribution in [-0.4, -0.2) is 21.0 Å². The molecule has 0 unspecified atom stereocenters. The zero-order valence-corrected chi connectivity index (χ0v) is 11.9. The summed E-state index contributed by atoms with van der Waals surface area (Å²) < 4.78 is 37.3. The van der Waals surface area contributed by atoms with Crippen LogP contribution in [0.1, 0.15) is 27.4 Å². The summed E-state index contributed by atoms with van der Waals surface area (Å²) in [4.78, 5) is 29.2. The number of nitrogens with one attached hydrogen (secondary N) is 2. The summed E-state index contributed by atoms with van der Waals surface area (Å²) in [5.74, 6) is -1.48. The molecule has 0 saturated heterocycles. The van der Waals surface area contributed by atoms with Gasteiger partial charge in [0.25, 0.3) is 11.5 Å². The summed E-state index contributed by atoms with van der Waals surface area (Å²) in [6.45, 7) is 1.36. The molecule has 1 aromatic carbocycles. The highest BCUT2D eigenvalue weighted by Gasteiger charge is 2.29. The fourth-order valence-electron chi connectivity index (χ4n) is 1.82. The summed E-state index contributed by atoms with van der Waals surface area (Å²) in [5.41, 5.74) is -1.67. The molecule has 0 radical (unpaired) electrons. The number of benzene rings is 1. The summed E-state index contributed by atoms with van der Waals surface area (Å²) in [5, 5.41) is 11.9. The van der Waals surface area contributed by atoms with Gasteiger partial charge < -0.3 is 15.4 Å². The number of carbonyl (C=O) groups is 1. The number of rotatable bonds is 3. The molecule has 2 aromatic rings. The SMILES string of the molecule is Cc1nc(C(=O)NCc2ccc(C(F)(F)F)cc2)c(O)c(=O)[nH]1. The third-order valence-electron chi connectivity index (χ3n) is 2.96. The molecule has 23 heavy (non-hydrogen) atoms. The Morgan fingerprint density at radius 1 is 1.30 bits per heavy atom. The van der Waals surface area contributed by atoms with Crippen molar-refractivity contribution in [2.75, 3.05) is 0 Å². The quantitative estimate of drug-likeness (QED) is 0.800. The van der Waals surface area contributed by atoms with Crippen LogP contribution in [0.15, 0.2) is 29.1 Å². The highest BCUT2D eigenvalue weighted by Crippen LogP contribution is 2.29. The molecular weight excluding hydrogens is 315 g/mol. The minimum absolute atomic E-state index is 0.0794. The molecular formula is C14H12F3N3O3. The second-order valence-electron chi connectivity index (χ2n) is 4.73. The minimum Gasteiger partial charge on any atom is -0.501 e. The van der Waals surface area contributed by atoms with Crippen molar-refractivity contribution in [3.63, 3.8) is 0 Å². The van der Waals surface area contributed by atoms with Gasteiger partial charge >= 0.3 is 6.18 Å². The van der Waals surface area contributed by atoms with Gasteiger partial charge in [-0.25, -0.2) is 4.98 Å². The van der Waals surface area contributed by atoms with Gasteiger partial charge in [0.2, 0.25) is 5.75 Å². The van der Waals surface area contributed by atoms with Crippen molar-refractivity contribution in [1.82, 2.24) is 15.3 Å². The molecule has 0 bridgehead atoms. The smallest absolute Gasteiger partial charge is 0.416 e. The standard InChI is InChI=1S/C14H12F3N3O3/c1-7-19-10(11(21)13(23)20-7)12(22)18-6-8-2-4-9(5-3-8)14(15,16)17/h2-5,21H,6H2,1H3,(H,18,22)(H,19,20,23). The third-order valence-corrected chi connectivity index (χ3v) is 2.96. The van der Waals surface area contributed by atoms with Crippen molar-refractivity contribution >= 4 is 5.91 Å². The van der Waals surface area contributed by atoms with Gasteiger partial charge in [0.1, 0.15) is 5.82 Å². The molecule has 0 spiro atoms. The van der Waals surface area contributed by atoms with Crippen LogP contribution in [0.25, 0.3) is 0 Å². The Labute approximate surface area is 128 Å². The van der Waals surface area contributed by atoms with Gasteiger partial charge in [-0.05, 0) is 24.6 Å². The van der Waals surface area contributed by atoms with Gasteiger partial charge in [0, 0.05) is 6.54 Å². The zero-order chi connectivity index (χ0) is 17.2. The number of alkyl halides is 3. The number of hydrogen-bond donors (Lipinski definition) is 3. The lowest BCUT2D eigenvalue weighted by Gasteiger charge is -2.09. The number of aromatic nitrogens is 2. The molecule has 1 aromatic heterocycles. The number of nitrogens with zero attached hydrogens (tertiary/aromatic N) is 1. The maximum absolute atomic E-state index is 12.4. The Balaban J connectivity index is 2.09. The average Bonchev–Trinajstić information content (AvgIpc) is 2.48. The van der Waals surface area contributed by atoms with E-state index in [1.807, 2.05) is 0 Å². The van der Waals surface area contributed by atoms with E-state index in [0.29, 0.717) is 5.56 Å². The Kier molecular flexibility index (Phi) is 4.39. The lowest BCUT2D eigenvalue weighted by atomic mass is 10.1. The van der Waals surface area contributed by atoms with Crippen LogP contribution in [0, 0.1) is 6.92 Å². The van der Waals surface area contributed by atoms with E-state index in [9.17, 15) is 27.9 Å². The fourth-order valence-corrected chi connectivity index (χ4v) is 1.82. The highest BCUT2D eigenvalue weighted by molar-refractivity contribution is 5.94. The van der Waals surface area contributed by atoms with E-state index in [-0.39, 0.29) is 12.4 Å². The number of aryl methyl sites for hydroxylation is 1. The Morgan fingerprint density at radius 2 is 1.91 bits per heavy atom. The molecule has 1 amide bonds. The van der Waals surface area contributed by atoms with Crippen LogP contribution in [0.2, 0.25) is 0 Å². The predicted molar refractivity (Wildman–Crippen MR) is 73.9 cm³/mol. The highest BCUT2D eigenvalue weighted by atomic mass is 19.4. The number of aromatic amines is 1.